The number of H-pyrrole nitrogens is 1. The molecule has 0 aliphatic heterocycles. The Labute approximate surface area is 154 Å². The summed E-state index contributed by atoms with van der Waals surface area (Å²) >= 11 is 0. The van der Waals surface area contributed by atoms with E-state index < -0.39 is 22.8 Å². The van der Waals surface area contributed by atoms with E-state index in [0.717, 1.165) is 34.3 Å². The highest BCUT2D eigenvalue weighted by Crippen LogP contribution is 2.38. The van der Waals surface area contributed by atoms with Gasteiger partial charge in [-0.05, 0) is 31.2 Å². The van der Waals surface area contributed by atoms with Crippen LogP contribution in [-0.2, 0) is 20.0 Å². The van der Waals surface area contributed by atoms with E-state index in [1.54, 1.807) is 0 Å². The molecule has 2 heterocycles. The largest absolute Gasteiger partial charge is 0.506 e. The number of aromatic hydroxyl groups is 1. The summed E-state index contributed by atoms with van der Waals surface area (Å²) in [6.45, 7) is 0.722. The number of nitrogens with one attached hydrogen (secondary N) is 2. The maximum absolute atomic E-state index is 12.3. The topological polar surface area (TPSA) is 107 Å². The average molecular weight is 365 g/mol. The second-order valence-electron chi connectivity index (χ2n) is 6.63. The molecule has 4 N–H and O–H groups in total. The summed E-state index contributed by atoms with van der Waals surface area (Å²) in [7, 11) is 3.89. The number of hydrogen-bond donors (Lipinski definition) is 4. The van der Waals surface area contributed by atoms with Gasteiger partial charge in [0.05, 0.1) is 5.69 Å². The standard InChI is InChI=1S/C20H19N3O4/c1-21-9-10-8-14-11-4-3-5-13-17(12(11)6-7-15(14)23(10)2)22-19(25)16(18(13)24)20(26)27/h3-4,6-8,21H,5,9H2,1-2H3,(H,26,27)(H2,22,24,25). The van der Waals surface area contributed by atoms with E-state index in [-0.39, 0.29) is 0 Å². The van der Waals surface area contributed by atoms with Crippen LogP contribution < -0.4 is 10.9 Å². The maximum atomic E-state index is 12.3. The summed E-state index contributed by atoms with van der Waals surface area (Å²) < 4.78 is 2.11. The van der Waals surface area contributed by atoms with Gasteiger partial charge in [0.15, 0.2) is 5.56 Å². The van der Waals surface area contributed by atoms with E-state index in [9.17, 15) is 19.8 Å². The van der Waals surface area contributed by atoms with Crippen LogP contribution in [0.25, 0.3) is 28.2 Å². The monoisotopic (exact) mass is 365 g/mol. The number of aromatic carboxylic acids is 1. The molecule has 0 saturated carbocycles. The molecule has 1 aliphatic rings. The lowest BCUT2D eigenvalue weighted by Gasteiger charge is -2.13. The van der Waals surface area contributed by atoms with Crippen molar-refractivity contribution in [2.24, 2.45) is 7.05 Å². The Bertz CT molecular complexity index is 1180. The lowest BCUT2D eigenvalue weighted by atomic mass is 9.97. The fraction of sp³-hybridized carbons (Fsp3) is 0.200. The highest BCUT2D eigenvalue weighted by Gasteiger charge is 2.25. The van der Waals surface area contributed by atoms with E-state index in [2.05, 4.69) is 20.9 Å². The number of carboxylic acid groups (broad SMARTS) is 1. The molecule has 0 radical (unpaired) electrons. The van der Waals surface area contributed by atoms with Crippen LogP contribution in [0.2, 0.25) is 0 Å². The van der Waals surface area contributed by atoms with E-state index >= 15 is 0 Å². The number of allylic oxidation sites excluding steroid dienone is 1. The third-order valence-electron chi connectivity index (χ3n) is 5.10. The molecular weight excluding hydrogens is 346 g/mol. The molecule has 0 fully saturated rings. The molecule has 138 valence electrons. The first-order chi connectivity index (χ1) is 12.9. The van der Waals surface area contributed by atoms with Gasteiger partial charge in [-0.15, -0.1) is 0 Å². The number of carbonyl (C=O) groups is 1. The van der Waals surface area contributed by atoms with E-state index in [0.29, 0.717) is 17.7 Å². The van der Waals surface area contributed by atoms with E-state index in [4.69, 9.17) is 0 Å². The summed E-state index contributed by atoms with van der Waals surface area (Å²) in [6.07, 6.45) is 4.15. The first-order valence-corrected chi connectivity index (χ1v) is 8.58. The molecule has 0 amide bonds. The third-order valence-corrected chi connectivity index (χ3v) is 5.10. The molecule has 0 atom stereocenters. The number of pyridine rings is 1. The Morgan fingerprint density at radius 1 is 1.37 bits per heavy atom. The smallest absolute Gasteiger partial charge is 0.345 e. The predicted molar refractivity (Wildman–Crippen MR) is 103 cm³/mol. The number of hydrogen-bond acceptors (Lipinski definition) is 4. The van der Waals surface area contributed by atoms with Crippen molar-refractivity contribution in [2.45, 2.75) is 13.0 Å². The van der Waals surface area contributed by atoms with Gasteiger partial charge in [-0.25, -0.2) is 4.79 Å². The van der Waals surface area contributed by atoms with Crippen molar-refractivity contribution in [3.63, 3.8) is 0 Å². The molecular formula is C20H19N3O4. The Morgan fingerprint density at radius 2 is 2.15 bits per heavy atom. The number of nitrogens with zero attached hydrogens (tertiary/aromatic N) is 1. The molecule has 2 aromatic heterocycles. The van der Waals surface area contributed by atoms with Crippen LogP contribution in [0, 0.1) is 0 Å². The van der Waals surface area contributed by atoms with Gasteiger partial charge in [0.25, 0.3) is 5.56 Å². The number of aromatic amines is 1. The summed E-state index contributed by atoms with van der Waals surface area (Å²) in [6, 6.07) is 5.96. The number of rotatable bonds is 3. The van der Waals surface area contributed by atoms with Crippen molar-refractivity contribution >= 4 is 22.9 Å². The molecule has 27 heavy (non-hydrogen) atoms. The van der Waals surface area contributed by atoms with Crippen LogP contribution in [0.15, 0.2) is 29.1 Å². The molecule has 0 spiro atoms. The first-order valence-electron chi connectivity index (χ1n) is 8.58. The van der Waals surface area contributed by atoms with Gasteiger partial charge in [-0.3, -0.25) is 4.79 Å². The molecule has 4 rings (SSSR count). The molecule has 7 heteroatoms. The Morgan fingerprint density at radius 3 is 2.85 bits per heavy atom. The van der Waals surface area contributed by atoms with Crippen LogP contribution in [0.1, 0.15) is 27.2 Å². The molecule has 0 unspecified atom stereocenters. The second-order valence-corrected chi connectivity index (χ2v) is 6.63. The third kappa shape index (κ3) is 2.47. The minimum absolute atomic E-state index is 0.324. The fourth-order valence-corrected chi connectivity index (χ4v) is 3.79. The number of aryl methyl sites for hydroxylation is 1. The average Bonchev–Trinajstić information content (AvgIpc) is 2.81. The lowest BCUT2D eigenvalue weighted by molar-refractivity contribution is 0.0691. The van der Waals surface area contributed by atoms with Gasteiger partial charge in [-0.2, -0.15) is 0 Å². The van der Waals surface area contributed by atoms with Crippen molar-refractivity contribution in [3.8, 4) is 17.0 Å². The molecule has 0 bridgehead atoms. The highest BCUT2D eigenvalue weighted by atomic mass is 16.4. The normalized spacial score (nSPS) is 12.7. The summed E-state index contributed by atoms with van der Waals surface area (Å²) in [4.78, 5) is 26.3. The zero-order chi connectivity index (χ0) is 19.3. The highest BCUT2D eigenvalue weighted by molar-refractivity contribution is 5.99. The molecule has 1 aromatic carbocycles. The van der Waals surface area contributed by atoms with E-state index in [1.165, 1.54) is 0 Å². The van der Waals surface area contributed by atoms with Crippen molar-refractivity contribution in [1.82, 2.24) is 14.9 Å². The zero-order valence-corrected chi connectivity index (χ0v) is 15.0. The summed E-state index contributed by atoms with van der Waals surface area (Å²) in [5, 5.41) is 23.8. The summed E-state index contributed by atoms with van der Waals surface area (Å²) in [5.41, 5.74) is 3.31. The van der Waals surface area contributed by atoms with Gasteiger partial charge in [0.2, 0.25) is 0 Å². The number of fused-ring (bicyclic) bond motifs is 5. The summed E-state index contributed by atoms with van der Waals surface area (Å²) in [5.74, 6) is -1.91. The minimum atomic E-state index is -1.44. The van der Waals surface area contributed by atoms with Crippen molar-refractivity contribution < 1.29 is 15.0 Å². The number of carboxylic acids is 1. The quantitative estimate of drug-likeness (QED) is 0.569. The van der Waals surface area contributed by atoms with Gasteiger partial charge >= 0.3 is 5.97 Å². The van der Waals surface area contributed by atoms with Crippen LogP contribution in [0.4, 0.5) is 0 Å². The van der Waals surface area contributed by atoms with E-state index in [1.807, 2.05) is 38.4 Å². The molecule has 0 saturated heterocycles. The van der Waals surface area contributed by atoms with Crippen LogP contribution >= 0.6 is 0 Å². The van der Waals surface area contributed by atoms with Crippen molar-refractivity contribution in [3.05, 3.63) is 57.0 Å². The molecule has 1 aliphatic carbocycles. The zero-order valence-electron chi connectivity index (χ0n) is 15.0. The predicted octanol–water partition coefficient (Wildman–Crippen LogP) is 2.23. The molecule has 7 nitrogen and oxygen atoms in total. The first kappa shape index (κ1) is 17.1. The van der Waals surface area contributed by atoms with Crippen LogP contribution in [-0.4, -0.2) is 32.8 Å². The fourth-order valence-electron chi connectivity index (χ4n) is 3.79. The van der Waals surface area contributed by atoms with Gasteiger partial charge in [-0.1, -0.05) is 18.2 Å². The van der Waals surface area contributed by atoms with Gasteiger partial charge in [0, 0.05) is 41.3 Å². The Hall–Kier alpha value is -3.32. The van der Waals surface area contributed by atoms with Crippen molar-refractivity contribution in [2.75, 3.05) is 7.05 Å². The number of benzene rings is 1. The lowest BCUT2D eigenvalue weighted by Crippen LogP contribution is -2.20. The molecule has 3 aromatic rings. The van der Waals surface area contributed by atoms with Crippen LogP contribution in [0.3, 0.4) is 0 Å². The van der Waals surface area contributed by atoms with Gasteiger partial charge in [0.1, 0.15) is 5.75 Å². The van der Waals surface area contributed by atoms with Crippen molar-refractivity contribution in [1.29, 1.82) is 0 Å². The number of aromatic nitrogens is 2. The minimum Gasteiger partial charge on any atom is -0.506 e. The second kappa shape index (κ2) is 6.14. The maximum Gasteiger partial charge on any atom is 0.345 e. The van der Waals surface area contributed by atoms with Gasteiger partial charge < -0.3 is 25.1 Å². The SMILES string of the molecule is CNCc1cc2c3c(ccc2n1C)-c1[nH]c(=O)c(C(=O)O)c(O)c1CC=C3. The van der Waals surface area contributed by atoms with Crippen LogP contribution in [0.5, 0.6) is 5.75 Å². The Kier molecular flexibility index (Phi) is 3.89. The Balaban J connectivity index is 2.05.